The quantitative estimate of drug-likeness (QED) is 0.171. The number of methoxy groups -OCH3 is 1. The lowest BCUT2D eigenvalue weighted by atomic mass is 9.99. The second-order valence-corrected chi connectivity index (χ2v) is 27.6. The van der Waals surface area contributed by atoms with Crippen LogP contribution < -0.4 is 20.5 Å². The van der Waals surface area contributed by atoms with Crippen LogP contribution in [0.25, 0.3) is 0 Å². The summed E-state index contributed by atoms with van der Waals surface area (Å²) in [5, 5.41) is 3.60. The molecule has 11 heteroatoms. The van der Waals surface area contributed by atoms with Crippen molar-refractivity contribution in [1.29, 1.82) is 0 Å². The Bertz CT molecular complexity index is 1360. The number of nitrogens with two attached hydrogens (primary N) is 1. The molecule has 1 aromatic carbocycles. The Balaban J connectivity index is 2.44. The number of hydrogen-bond acceptors (Lipinski definition) is 8. The minimum absolute atomic E-state index is 0.0401. The first kappa shape index (κ1) is 38.8. The van der Waals surface area contributed by atoms with E-state index in [2.05, 4.69) is 129 Å². The third kappa shape index (κ3) is 11.7. The predicted molar refractivity (Wildman–Crippen MR) is 195 cm³/mol. The number of nitrogens with zero attached hydrogens (tertiary/aromatic N) is 2. The summed E-state index contributed by atoms with van der Waals surface area (Å²) < 4.78 is 25.2. The van der Waals surface area contributed by atoms with Crippen LogP contribution in [0.4, 0.5) is 11.8 Å². The van der Waals surface area contributed by atoms with E-state index in [9.17, 15) is 0 Å². The SMILES string of the molecule is COc1cc(C(C)C)c(Oc2cnc(NC(CO[Si](C)(C)C(C)(C)C)C(C)(C)O[Si]C(C)(C)C)nc2N)cc1C#C[Si](C)(C)C. The van der Waals surface area contributed by atoms with Gasteiger partial charge in [0, 0.05) is 11.6 Å². The molecule has 2 radical (unpaired) electrons. The Morgan fingerprint density at radius 2 is 1.58 bits per heavy atom. The molecule has 1 atom stereocenters. The Labute approximate surface area is 278 Å². The maximum atomic E-state index is 6.66. The first-order valence-corrected chi connectivity index (χ1v) is 23.1. The van der Waals surface area contributed by atoms with Crippen molar-refractivity contribution in [1.82, 2.24) is 9.97 Å². The first-order chi connectivity index (χ1) is 20.3. The van der Waals surface area contributed by atoms with Crippen LogP contribution in [0.15, 0.2) is 18.3 Å². The van der Waals surface area contributed by atoms with Crippen molar-refractivity contribution in [2.24, 2.45) is 0 Å². The molecule has 0 aliphatic rings. The van der Waals surface area contributed by atoms with E-state index in [1.165, 1.54) is 0 Å². The summed E-state index contributed by atoms with van der Waals surface area (Å²) in [5.74, 6) is 5.86. The van der Waals surface area contributed by atoms with E-state index in [1.807, 2.05) is 12.1 Å². The maximum absolute atomic E-state index is 6.66. The maximum Gasteiger partial charge on any atom is 0.236 e. The van der Waals surface area contributed by atoms with Gasteiger partial charge >= 0.3 is 0 Å². The second-order valence-electron chi connectivity index (χ2n) is 16.1. The van der Waals surface area contributed by atoms with Crippen molar-refractivity contribution in [2.75, 3.05) is 24.8 Å². The van der Waals surface area contributed by atoms with Crippen LogP contribution in [-0.4, -0.2) is 61.5 Å². The zero-order valence-electron chi connectivity index (χ0n) is 30.7. The predicted octanol–water partition coefficient (Wildman–Crippen LogP) is 8.65. The lowest BCUT2D eigenvalue weighted by molar-refractivity contribution is 0.0639. The van der Waals surface area contributed by atoms with Crippen molar-refractivity contribution in [3.63, 3.8) is 0 Å². The normalized spacial score (nSPS) is 13.7. The Morgan fingerprint density at radius 3 is 2.07 bits per heavy atom. The highest BCUT2D eigenvalue weighted by atomic mass is 28.4. The molecule has 0 fully saturated rings. The summed E-state index contributed by atoms with van der Waals surface area (Å²) in [4.78, 5) is 9.23. The molecule has 1 heterocycles. The lowest BCUT2D eigenvalue weighted by Crippen LogP contribution is -2.52. The second kappa shape index (κ2) is 14.6. The fourth-order valence-corrected chi connectivity index (χ4v) is 5.96. The Hall–Kier alpha value is -2.37. The molecule has 250 valence electrons. The number of aromatic nitrogens is 2. The van der Waals surface area contributed by atoms with Crippen LogP contribution in [0.3, 0.4) is 0 Å². The number of ether oxygens (including phenoxy) is 2. The van der Waals surface area contributed by atoms with Crippen molar-refractivity contribution in [2.45, 2.75) is 130 Å². The van der Waals surface area contributed by atoms with Gasteiger partial charge in [0.25, 0.3) is 0 Å². The van der Waals surface area contributed by atoms with Gasteiger partial charge in [0.1, 0.15) is 19.6 Å². The van der Waals surface area contributed by atoms with E-state index in [-0.39, 0.29) is 27.9 Å². The van der Waals surface area contributed by atoms with E-state index in [0.29, 0.717) is 33.8 Å². The summed E-state index contributed by atoms with van der Waals surface area (Å²) in [7, 11) is -1.66. The molecule has 0 spiro atoms. The van der Waals surface area contributed by atoms with Gasteiger partial charge in [0.2, 0.25) is 15.7 Å². The van der Waals surface area contributed by atoms with E-state index < -0.39 is 22.0 Å². The molecule has 8 nitrogen and oxygen atoms in total. The average molecular weight is 671 g/mol. The Morgan fingerprint density at radius 1 is 0.956 bits per heavy atom. The molecule has 0 aliphatic heterocycles. The van der Waals surface area contributed by atoms with Crippen molar-refractivity contribution < 1.29 is 18.3 Å². The topological polar surface area (TPSA) is 101 Å². The minimum Gasteiger partial charge on any atom is -0.495 e. The largest absolute Gasteiger partial charge is 0.495 e. The number of hydrogen-bond donors (Lipinski definition) is 2. The van der Waals surface area contributed by atoms with E-state index in [4.69, 9.17) is 24.1 Å². The molecular weight excluding hydrogens is 613 g/mol. The molecule has 2 rings (SSSR count). The summed E-state index contributed by atoms with van der Waals surface area (Å²) in [6, 6.07) is 3.69. The number of benzene rings is 1. The van der Waals surface area contributed by atoms with Gasteiger partial charge in [-0.05, 0) is 49.0 Å². The van der Waals surface area contributed by atoms with Gasteiger partial charge in [-0.1, -0.05) is 81.0 Å². The van der Waals surface area contributed by atoms with E-state index in [1.54, 1.807) is 13.3 Å². The fourth-order valence-electron chi connectivity index (χ4n) is 3.72. The van der Waals surface area contributed by atoms with Gasteiger partial charge in [-0.25, -0.2) is 4.98 Å². The number of nitrogen functional groups attached to an aromatic ring is 1. The summed E-state index contributed by atoms with van der Waals surface area (Å²) in [6.45, 7) is 33.2. The van der Waals surface area contributed by atoms with E-state index >= 15 is 0 Å². The van der Waals surface area contributed by atoms with Crippen molar-refractivity contribution in [3.8, 4) is 28.7 Å². The number of nitrogens with one attached hydrogen (secondary N) is 1. The molecule has 0 bridgehead atoms. The number of rotatable bonds is 12. The zero-order chi connectivity index (χ0) is 34.6. The van der Waals surface area contributed by atoms with E-state index in [0.717, 1.165) is 16.9 Å². The van der Waals surface area contributed by atoms with Crippen LogP contribution in [0.1, 0.15) is 86.3 Å². The van der Waals surface area contributed by atoms with Crippen molar-refractivity contribution in [3.05, 3.63) is 29.5 Å². The highest BCUT2D eigenvalue weighted by Gasteiger charge is 2.40. The zero-order valence-corrected chi connectivity index (χ0v) is 33.7. The van der Waals surface area contributed by atoms with Gasteiger partial charge in [-0.15, -0.1) is 5.54 Å². The summed E-state index contributed by atoms with van der Waals surface area (Å²) in [5.41, 5.74) is 11.1. The first-order valence-electron chi connectivity index (χ1n) is 15.8. The highest BCUT2D eigenvalue weighted by molar-refractivity contribution is 6.83. The summed E-state index contributed by atoms with van der Waals surface area (Å²) in [6.07, 6.45) is 1.61. The van der Waals surface area contributed by atoms with Gasteiger partial charge in [-0.3, -0.25) is 0 Å². The summed E-state index contributed by atoms with van der Waals surface area (Å²) >= 11 is 0. The molecule has 0 amide bonds. The molecule has 0 aliphatic carbocycles. The monoisotopic (exact) mass is 670 g/mol. The molecule has 2 aromatic rings. The van der Waals surface area contributed by atoms with Gasteiger partial charge in [0.15, 0.2) is 19.9 Å². The molecule has 3 N–H and O–H groups in total. The van der Waals surface area contributed by atoms with Crippen LogP contribution in [-0.2, 0) is 8.85 Å². The van der Waals surface area contributed by atoms with Gasteiger partial charge < -0.3 is 29.4 Å². The smallest absolute Gasteiger partial charge is 0.236 e. The molecular formula is C34H58N4O4Si3. The third-order valence-corrected chi connectivity index (χ3v) is 14.3. The van der Waals surface area contributed by atoms with Crippen LogP contribution >= 0.6 is 0 Å². The average Bonchev–Trinajstić information content (AvgIpc) is 2.88. The molecule has 1 aromatic heterocycles. The molecule has 45 heavy (non-hydrogen) atoms. The van der Waals surface area contributed by atoms with Gasteiger partial charge in [0.05, 0.1) is 37.1 Å². The molecule has 1 unspecified atom stereocenters. The lowest BCUT2D eigenvalue weighted by Gasteiger charge is -2.41. The molecule has 0 saturated carbocycles. The third-order valence-electron chi connectivity index (χ3n) is 7.71. The Kier molecular flexibility index (Phi) is 12.6. The van der Waals surface area contributed by atoms with Gasteiger partial charge in [-0.2, -0.15) is 4.98 Å². The minimum atomic E-state index is -2.02. The highest BCUT2D eigenvalue weighted by Crippen LogP contribution is 2.39. The molecule has 0 saturated heterocycles. The van der Waals surface area contributed by atoms with Crippen LogP contribution in [0.5, 0.6) is 17.2 Å². The van der Waals surface area contributed by atoms with Crippen LogP contribution in [0, 0.1) is 11.5 Å². The fraction of sp³-hybridized carbons (Fsp3) is 0.647. The standard InChI is InChI=1S/C34H58N4O4Si3/c1-23(2)25-20-26(39-11)24(17-18-44(12,13)14)19-27(25)41-28-21-36-31(38-30(28)35)37-29(22-40-45(15,16)33(6,7)8)34(9,10)42-43-32(3,4)5/h19-21,23,29H,22H2,1-16H3,(H3,35,36,37,38). The van der Waals surface area contributed by atoms with Crippen LogP contribution in [0.2, 0.25) is 42.8 Å². The number of anilines is 2. The van der Waals surface area contributed by atoms with Crippen molar-refractivity contribution >= 4 is 37.9 Å².